The molecule has 10 heteroatoms. The van der Waals surface area contributed by atoms with Crippen LogP contribution in [-0.2, 0) is 9.59 Å². The summed E-state index contributed by atoms with van der Waals surface area (Å²) >= 11 is 0. The molecule has 1 aliphatic heterocycles. The summed E-state index contributed by atoms with van der Waals surface area (Å²) < 4.78 is 0. The summed E-state index contributed by atoms with van der Waals surface area (Å²) in [7, 11) is 0. The van der Waals surface area contributed by atoms with E-state index >= 15 is 0 Å². The minimum Gasteiger partial charge on any atom is -0.409 e. The van der Waals surface area contributed by atoms with Crippen molar-refractivity contribution < 1.29 is 20.0 Å². The predicted molar refractivity (Wildman–Crippen MR) is 69.2 cm³/mol. The third-order valence-corrected chi connectivity index (χ3v) is 2.89. The molecule has 0 unspecified atom stereocenters. The van der Waals surface area contributed by atoms with Crippen molar-refractivity contribution >= 4 is 23.5 Å². The van der Waals surface area contributed by atoms with Gasteiger partial charge >= 0.3 is 0 Å². The van der Waals surface area contributed by atoms with Crippen LogP contribution < -0.4 is 11.5 Å². The van der Waals surface area contributed by atoms with E-state index < -0.39 is 0 Å². The fourth-order valence-corrected chi connectivity index (χ4v) is 1.71. The lowest BCUT2D eigenvalue weighted by Crippen LogP contribution is -2.54. The summed E-state index contributed by atoms with van der Waals surface area (Å²) in [5, 5.41) is 22.4. The first-order chi connectivity index (χ1) is 9.47. The van der Waals surface area contributed by atoms with Crippen LogP contribution in [0.1, 0.15) is 12.8 Å². The summed E-state index contributed by atoms with van der Waals surface area (Å²) in [5.41, 5.74) is 10.6. The molecule has 20 heavy (non-hydrogen) atoms. The van der Waals surface area contributed by atoms with Gasteiger partial charge in [-0.15, -0.1) is 0 Å². The maximum Gasteiger partial charge on any atom is 0.242 e. The molecule has 1 aliphatic rings. The Hall–Kier alpha value is -2.52. The number of piperazine rings is 1. The van der Waals surface area contributed by atoms with Gasteiger partial charge < -0.3 is 31.7 Å². The van der Waals surface area contributed by atoms with Crippen molar-refractivity contribution in [3.05, 3.63) is 0 Å². The zero-order chi connectivity index (χ0) is 15.1. The molecule has 112 valence electrons. The molecule has 0 atom stereocenters. The minimum absolute atomic E-state index is 0.000362. The number of oxime groups is 2. The van der Waals surface area contributed by atoms with Crippen molar-refractivity contribution in [2.45, 2.75) is 12.8 Å². The Morgan fingerprint density at radius 1 is 0.950 bits per heavy atom. The zero-order valence-corrected chi connectivity index (χ0v) is 10.9. The van der Waals surface area contributed by atoms with Gasteiger partial charge in [0.25, 0.3) is 0 Å². The van der Waals surface area contributed by atoms with Crippen LogP contribution in [0.15, 0.2) is 10.3 Å². The third-order valence-electron chi connectivity index (χ3n) is 2.89. The van der Waals surface area contributed by atoms with Crippen LogP contribution in [-0.4, -0.2) is 69.9 Å². The number of carbonyl (C=O) groups excluding carboxylic acids is 2. The van der Waals surface area contributed by atoms with E-state index in [1.54, 1.807) is 0 Å². The molecule has 10 nitrogen and oxygen atoms in total. The van der Waals surface area contributed by atoms with Crippen LogP contribution in [0.5, 0.6) is 0 Å². The number of hydrogen-bond donors (Lipinski definition) is 4. The average Bonchev–Trinajstić information content (AvgIpc) is 2.45. The monoisotopic (exact) mass is 286 g/mol. The quantitative estimate of drug-likeness (QED) is 0.190. The van der Waals surface area contributed by atoms with Gasteiger partial charge in [-0.1, -0.05) is 10.3 Å². The van der Waals surface area contributed by atoms with Crippen molar-refractivity contribution in [1.29, 1.82) is 0 Å². The highest BCUT2D eigenvalue weighted by atomic mass is 16.4. The van der Waals surface area contributed by atoms with Gasteiger partial charge in [0.1, 0.15) is 11.7 Å². The van der Waals surface area contributed by atoms with Crippen LogP contribution in [0, 0.1) is 0 Å². The number of nitrogens with zero attached hydrogens (tertiary/aromatic N) is 4. The standard InChI is InChI=1S/C10H18N6O4/c11-7(13-19)1-3-15-5-10(18)16(6-9(15)17)4-2-8(12)14-20/h19-20H,1-6H2,(H2,11,13)(H2,12,14). The number of amidine groups is 2. The predicted octanol–water partition coefficient (Wildman–Crippen LogP) is -2.07. The number of amides is 2. The highest BCUT2D eigenvalue weighted by Gasteiger charge is 2.29. The maximum absolute atomic E-state index is 11.8. The second-order valence-electron chi connectivity index (χ2n) is 4.31. The van der Waals surface area contributed by atoms with E-state index in [9.17, 15) is 9.59 Å². The topological polar surface area (TPSA) is 158 Å². The van der Waals surface area contributed by atoms with Crippen molar-refractivity contribution in [1.82, 2.24) is 9.80 Å². The Bertz CT molecular complexity index is 395. The molecule has 0 spiro atoms. The molecule has 0 aromatic rings. The molecule has 0 aromatic heterocycles. The maximum atomic E-state index is 11.8. The van der Waals surface area contributed by atoms with Crippen molar-refractivity contribution in [2.75, 3.05) is 26.2 Å². The second kappa shape index (κ2) is 7.16. The lowest BCUT2D eigenvalue weighted by atomic mass is 10.2. The Morgan fingerprint density at radius 2 is 1.30 bits per heavy atom. The SMILES string of the molecule is N/C(CCN1CC(=O)N(CC/C(N)=N\O)CC1=O)=N/O. The Balaban J connectivity index is 2.49. The first-order valence-corrected chi connectivity index (χ1v) is 5.96. The molecule has 1 heterocycles. The summed E-state index contributed by atoms with van der Waals surface area (Å²) in [6.07, 6.45) is 0.388. The van der Waals surface area contributed by atoms with Gasteiger partial charge in [0.05, 0.1) is 13.1 Å². The summed E-state index contributed by atoms with van der Waals surface area (Å²) in [5.74, 6) is -0.455. The van der Waals surface area contributed by atoms with E-state index in [0.29, 0.717) is 0 Å². The first-order valence-electron chi connectivity index (χ1n) is 5.96. The van der Waals surface area contributed by atoms with E-state index in [1.807, 2.05) is 0 Å². The Kier molecular flexibility index (Phi) is 5.56. The molecule has 0 aliphatic carbocycles. The molecular weight excluding hydrogens is 268 g/mol. The summed E-state index contributed by atoms with van der Waals surface area (Å²) in [4.78, 5) is 26.4. The van der Waals surface area contributed by atoms with Gasteiger partial charge in [-0.2, -0.15) is 0 Å². The van der Waals surface area contributed by atoms with Crippen molar-refractivity contribution in [3.63, 3.8) is 0 Å². The molecule has 0 saturated carbocycles. The van der Waals surface area contributed by atoms with Crippen LogP contribution >= 0.6 is 0 Å². The third kappa shape index (κ3) is 4.30. The van der Waals surface area contributed by atoms with E-state index in [1.165, 1.54) is 9.80 Å². The number of carbonyl (C=O) groups is 2. The van der Waals surface area contributed by atoms with Crippen molar-refractivity contribution in [2.24, 2.45) is 21.8 Å². The van der Waals surface area contributed by atoms with Gasteiger partial charge in [0.2, 0.25) is 11.8 Å². The summed E-state index contributed by atoms with van der Waals surface area (Å²) in [6, 6.07) is 0. The van der Waals surface area contributed by atoms with Gasteiger partial charge in [-0.25, -0.2) is 0 Å². The highest BCUT2D eigenvalue weighted by Crippen LogP contribution is 2.06. The van der Waals surface area contributed by atoms with Gasteiger partial charge in [0.15, 0.2) is 0 Å². The van der Waals surface area contributed by atoms with Gasteiger partial charge in [-0.3, -0.25) is 9.59 Å². The molecule has 0 radical (unpaired) electrons. The molecule has 6 N–H and O–H groups in total. The summed E-state index contributed by atoms with van der Waals surface area (Å²) in [6.45, 7) is 0.310. The lowest BCUT2D eigenvalue weighted by Gasteiger charge is -2.33. The Labute approximate surface area is 115 Å². The van der Waals surface area contributed by atoms with Crippen molar-refractivity contribution in [3.8, 4) is 0 Å². The van der Waals surface area contributed by atoms with Gasteiger partial charge in [-0.05, 0) is 0 Å². The molecular formula is C10H18N6O4. The van der Waals surface area contributed by atoms with Crippen LogP contribution in [0.2, 0.25) is 0 Å². The second-order valence-corrected chi connectivity index (χ2v) is 4.31. The van der Waals surface area contributed by atoms with Gasteiger partial charge in [0, 0.05) is 25.9 Å². The molecule has 1 fully saturated rings. The molecule has 0 bridgehead atoms. The molecule has 2 amide bonds. The molecule has 0 aromatic carbocycles. The van der Waals surface area contributed by atoms with E-state index in [2.05, 4.69) is 10.3 Å². The van der Waals surface area contributed by atoms with Crippen LogP contribution in [0.3, 0.4) is 0 Å². The molecule has 1 saturated heterocycles. The lowest BCUT2D eigenvalue weighted by molar-refractivity contribution is -0.149. The van der Waals surface area contributed by atoms with Crippen LogP contribution in [0.4, 0.5) is 0 Å². The zero-order valence-electron chi connectivity index (χ0n) is 10.9. The fraction of sp³-hybridized carbons (Fsp3) is 0.600. The minimum atomic E-state index is -0.227. The smallest absolute Gasteiger partial charge is 0.242 e. The Morgan fingerprint density at radius 3 is 1.60 bits per heavy atom. The number of hydrogen-bond acceptors (Lipinski definition) is 6. The highest BCUT2D eigenvalue weighted by molar-refractivity contribution is 5.93. The van der Waals surface area contributed by atoms with Crippen LogP contribution in [0.25, 0.3) is 0 Å². The normalized spacial score (nSPS) is 17.8. The fourth-order valence-electron chi connectivity index (χ4n) is 1.71. The van der Waals surface area contributed by atoms with E-state index in [4.69, 9.17) is 21.9 Å². The largest absolute Gasteiger partial charge is 0.409 e. The first kappa shape index (κ1) is 15.5. The molecule has 1 rings (SSSR count). The average molecular weight is 286 g/mol. The number of rotatable bonds is 6. The number of nitrogens with two attached hydrogens (primary N) is 2. The van der Waals surface area contributed by atoms with E-state index in [-0.39, 0.29) is 62.5 Å². The van der Waals surface area contributed by atoms with E-state index in [0.717, 1.165) is 0 Å².